The molecule has 0 aromatic heterocycles. The Morgan fingerprint density at radius 2 is 1.50 bits per heavy atom. The summed E-state index contributed by atoms with van der Waals surface area (Å²) in [6.45, 7) is 5.15. The van der Waals surface area contributed by atoms with Gasteiger partial charge in [0.1, 0.15) is 18.1 Å². The summed E-state index contributed by atoms with van der Waals surface area (Å²) in [6.07, 6.45) is 0. The molecule has 0 spiro atoms. The quantitative estimate of drug-likeness (QED) is 0.516. The molecule has 2 N–H and O–H groups in total. The minimum Gasteiger partial charge on any atom is -0.497 e. The number of carbonyl (C=O) groups is 2. The Hall–Kier alpha value is -3.42. The highest BCUT2D eigenvalue weighted by Crippen LogP contribution is 2.28. The van der Waals surface area contributed by atoms with E-state index < -0.39 is 0 Å². The van der Waals surface area contributed by atoms with Crippen LogP contribution in [-0.2, 0) is 4.79 Å². The van der Waals surface area contributed by atoms with Crippen LogP contribution in [0, 0.1) is 0 Å². The molecule has 162 valence electrons. The molecule has 2 amide bonds. The maximum absolute atomic E-state index is 12.3. The summed E-state index contributed by atoms with van der Waals surface area (Å²) >= 11 is 0. The van der Waals surface area contributed by atoms with Gasteiger partial charge < -0.3 is 29.6 Å². The monoisotopic (exact) mass is 416 g/mol. The van der Waals surface area contributed by atoms with E-state index in [1.807, 2.05) is 13.8 Å². The largest absolute Gasteiger partial charge is 0.497 e. The number of hydrogen-bond donors (Lipinski definition) is 2. The van der Waals surface area contributed by atoms with Crippen molar-refractivity contribution in [3.63, 3.8) is 0 Å². The Morgan fingerprint density at radius 1 is 0.833 bits per heavy atom. The first-order valence-corrected chi connectivity index (χ1v) is 9.78. The number of benzene rings is 2. The normalized spacial score (nSPS) is 10.1. The Labute approximate surface area is 176 Å². The van der Waals surface area contributed by atoms with Crippen molar-refractivity contribution >= 4 is 11.8 Å². The molecule has 30 heavy (non-hydrogen) atoms. The van der Waals surface area contributed by atoms with Crippen molar-refractivity contribution in [3.05, 3.63) is 48.0 Å². The van der Waals surface area contributed by atoms with Gasteiger partial charge in [-0.1, -0.05) is 0 Å². The van der Waals surface area contributed by atoms with Crippen LogP contribution in [-0.4, -0.2) is 51.8 Å². The van der Waals surface area contributed by atoms with Crippen molar-refractivity contribution in [3.8, 4) is 23.0 Å². The standard InChI is InChI=1S/C22H28N2O6/c1-4-28-19-11-6-16(14-20(19)29-5-2)22(26)24-15-21(25)23-12-13-30-18-9-7-17(27-3)8-10-18/h6-11,14H,4-5,12-13,15H2,1-3H3,(H,23,25)(H,24,26). The first-order valence-electron chi connectivity index (χ1n) is 9.78. The second-order valence-corrected chi connectivity index (χ2v) is 6.08. The number of ether oxygens (including phenoxy) is 4. The van der Waals surface area contributed by atoms with Crippen LogP contribution in [0.3, 0.4) is 0 Å². The fraction of sp³-hybridized carbons (Fsp3) is 0.364. The van der Waals surface area contributed by atoms with E-state index in [0.717, 1.165) is 5.75 Å². The molecule has 8 heteroatoms. The molecule has 0 fully saturated rings. The highest BCUT2D eigenvalue weighted by molar-refractivity contribution is 5.97. The third-order valence-corrected chi connectivity index (χ3v) is 3.97. The van der Waals surface area contributed by atoms with E-state index in [-0.39, 0.29) is 18.4 Å². The average Bonchev–Trinajstić information content (AvgIpc) is 2.77. The molecule has 8 nitrogen and oxygen atoms in total. The van der Waals surface area contributed by atoms with E-state index in [9.17, 15) is 9.59 Å². The smallest absolute Gasteiger partial charge is 0.251 e. The third kappa shape index (κ3) is 7.20. The van der Waals surface area contributed by atoms with Gasteiger partial charge in [-0.15, -0.1) is 0 Å². The van der Waals surface area contributed by atoms with Crippen LogP contribution in [0.1, 0.15) is 24.2 Å². The summed E-state index contributed by atoms with van der Waals surface area (Å²) in [5.74, 6) is 1.81. The van der Waals surface area contributed by atoms with Crippen LogP contribution in [0.4, 0.5) is 0 Å². The van der Waals surface area contributed by atoms with Gasteiger partial charge in [0.05, 0.1) is 33.4 Å². The molecule has 0 bridgehead atoms. The van der Waals surface area contributed by atoms with Crippen molar-refractivity contribution in [1.29, 1.82) is 0 Å². The number of amides is 2. The van der Waals surface area contributed by atoms with Gasteiger partial charge in [0, 0.05) is 5.56 Å². The molecule has 0 atom stereocenters. The van der Waals surface area contributed by atoms with E-state index >= 15 is 0 Å². The SMILES string of the molecule is CCOc1ccc(C(=O)NCC(=O)NCCOc2ccc(OC)cc2)cc1OCC. The maximum Gasteiger partial charge on any atom is 0.251 e. The van der Waals surface area contributed by atoms with E-state index in [1.54, 1.807) is 49.6 Å². The van der Waals surface area contributed by atoms with Crippen LogP contribution < -0.4 is 29.6 Å². The van der Waals surface area contributed by atoms with Gasteiger partial charge in [0.2, 0.25) is 5.91 Å². The molecule has 0 aliphatic heterocycles. The highest BCUT2D eigenvalue weighted by Gasteiger charge is 2.12. The van der Waals surface area contributed by atoms with Crippen LogP contribution >= 0.6 is 0 Å². The Kier molecular flexibility index (Phi) is 9.30. The first-order chi connectivity index (χ1) is 14.6. The van der Waals surface area contributed by atoms with E-state index in [1.165, 1.54) is 0 Å². The van der Waals surface area contributed by atoms with Crippen molar-refractivity contribution < 1.29 is 28.5 Å². The zero-order valence-electron chi connectivity index (χ0n) is 17.5. The number of rotatable bonds is 12. The van der Waals surface area contributed by atoms with Crippen molar-refractivity contribution in [2.75, 3.05) is 40.0 Å². The van der Waals surface area contributed by atoms with Crippen molar-refractivity contribution in [2.45, 2.75) is 13.8 Å². The van der Waals surface area contributed by atoms with Crippen LogP contribution in [0.5, 0.6) is 23.0 Å². The molecule has 0 saturated carbocycles. The third-order valence-electron chi connectivity index (χ3n) is 3.97. The predicted octanol–water partition coefficient (Wildman–Crippen LogP) is 2.42. The van der Waals surface area contributed by atoms with Gasteiger partial charge in [-0.3, -0.25) is 9.59 Å². The second-order valence-electron chi connectivity index (χ2n) is 6.08. The van der Waals surface area contributed by atoms with Crippen LogP contribution in [0.25, 0.3) is 0 Å². The molecule has 0 heterocycles. The van der Waals surface area contributed by atoms with E-state index in [2.05, 4.69) is 10.6 Å². The average molecular weight is 416 g/mol. The topological polar surface area (TPSA) is 95.1 Å². The van der Waals surface area contributed by atoms with E-state index in [4.69, 9.17) is 18.9 Å². The van der Waals surface area contributed by atoms with E-state index in [0.29, 0.717) is 49.2 Å². The highest BCUT2D eigenvalue weighted by atomic mass is 16.5. The molecule has 2 rings (SSSR count). The summed E-state index contributed by atoms with van der Waals surface area (Å²) in [7, 11) is 1.60. The zero-order valence-corrected chi connectivity index (χ0v) is 17.5. The molecule has 2 aromatic carbocycles. The Morgan fingerprint density at radius 3 is 2.17 bits per heavy atom. The summed E-state index contributed by atoms with van der Waals surface area (Å²) in [4.78, 5) is 24.3. The Bertz CT molecular complexity index is 823. The number of methoxy groups -OCH3 is 1. The number of nitrogens with one attached hydrogen (secondary N) is 2. The lowest BCUT2D eigenvalue weighted by atomic mass is 10.2. The van der Waals surface area contributed by atoms with Crippen LogP contribution in [0.2, 0.25) is 0 Å². The van der Waals surface area contributed by atoms with Gasteiger partial charge in [-0.05, 0) is 56.3 Å². The van der Waals surface area contributed by atoms with Gasteiger partial charge >= 0.3 is 0 Å². The fourth-order valence-corrected chi connectivity index (χ4v) is 2.55. The molecule has 0 unspecified atom stereocenters. The minimum absolute atomic E-state index is 0.140. The Balaban J connectivity index is 1.74. The molecular formula is C22H28N2O6. The van der Waals surface area contributed by atoms with Gasteiger partial charge in [-0.2, -0.15) is 0 Å². The molecule has 0 saturated heterocycles. The van der Waals surface area contributed by atoms with Gasteiger partial charge in [-0.25, -0.2) is 0 Å². The lowest BCUT2D eigenvalue weighted by Crippen LogP contribution is -2.38. The summed E-state index contributed by atoms with van der Waals surface area (Å²) in [5, 5.41) is 5.28. The lowest BCUT2D eigenvalue weighted by Gasteiger charge is -2.12. The lowest BCUT2D eigenvalue weighted by molar-refractivity contribution is -0.120. The zero-order chi connectivity index (χ0) is 21.8. The maximum atomic E-state index is 12.3. The molecular weight excluding hydrogens is 388 g/mol. The second kappa shape index (κ2) is 12.2. The van der Waals surface area contributed by atoms with Crippen molar-refractivity contribution in [1.82, 2.24) is 10.6 Å². The predicted molar refractivity (Wildman–Crippen MR) is 113 cm³/mol. The molecule has 2 aromatic rings. The summed E-state index contributed by atoms with van der Waals surface area (Å²) in [5.41, 5.74) is 0.387. The minimum atomic E-state index is -0.372. The van der Waals surface area contributed by atoms with Crippen LogP contribution in [0.15, 0.2) is 42.5 Å². The number of carbonyl (C=O) groups excluding carboxylic acids is 2. The summed E-state index contributed by atoms with van der Waals surface area (Å²) < 4.78 is 21.6. The number of hydrogen-bond acceptors (Lipinski definition) is 6. The van der Waals surface area contributed by atoms with Gasteiger partial charge in [0.15, 0.2) is 11.5 Å². The summed E-state index contributed by atoms with van der Waals surface area (Å²) in [6, 6.07) is 12.1. The van der Waals surface area contributed by atoms with Gasteiger partial charge in [0.25, 0.3) is 5.91 Å². The fourth-order valence-electron chi connectivity index (χ4n) is 2.55. The van der Waals surface area contributed by atoms with Crippen molar-refractivity contribution in [2.24, 2.45) is 0 Å². The first kappa shape index (κ1) is 22.9. The molecule has 0 aliphatic carbocycles. The molecule has 0 radical (unpaired) electrons. The molecule has 0 aliphatic rings.